The summed E-state index contributed by atoms with van der Waals surface area (Å²) in [5, 5.41) is 18.0. The number of amides is 1. The van der Waals surface area contributed by atoms with E-state index in [1.807, 2.05) is 6.07 Å². The number of pyridine rings is 1. The van der Waals surface area contributed by atoms with Gasteiger partial charge in [-0.25, -0.2) is 18.6 Å². The van der Waals surface area contributed by atoms with Gasteiger partial charge in [-0.05, 0) is 88.9 Å². The SMILES string of the molecule is COc1ccc(-c2ccc(C#CC(C)(C)O)nc2[C@H](Cc2cc(F)cc(F)c2)NC(=O)OC(C)(C)C)c2c1c(N)nn2C. The van der Waals surface area contributed by atoms with Crippen LogP contribution in [0.5, 0.6) is 5.75 Å². The fourth-order valence-electron chi connectivity index (χ4n) is 4.69. The normalized spacial score (nSPS) is 12.4. The van der Waals surface area contributed by atoms with Crippen LogP contribution in [0.25, 0.3) is 22.0 Å². The molecule has 0 radical (unpaired) electrons. The largest absolute Gasteiger partial charge is 0.496 e. The van der Waals surface area contributed by atoms with Gasteiger partial charge in [-0.3, -0.25) is 4.68 Å². The van der Waals surface area contributed by atoms with Crippen LogP contribution in [0.3, 0.4) is 0 Å². The van der Waals surface area contributed by atoms with Crippen molar-refractivity contribution in [3.05, 3.63) is 71.1 Å². The predicted octanol–water partition coefficient (Wildman–Crippen LogP) is 5.44. The fraction of sp³-hybridized carbons (Fsp3) is 0.344. The highest BCUT2D eigenvalue weighted by Gasteiger charge is 2.27. The molecule has 4 rings (SSSR count). The van der Waals surface area contributed by atoms with Gasteiger partial charge in [0, 0.05) is 24.2 Å². The van der Waals surface area contributed by atoms with Crippen molar-refractivity contribution < 1.29 is 28.2 Å². The summed E-state index contributed by atoms with van der Waals surface area (Å²) >= 11 is 0. The summed E-state index contributed by atoms with van der Waals surface area (Å²) in [6.45, 7) is 8.26. The molecular formula is C32H35F2N5O4. The fourth-order valence-corrected chi connectivity index (χ4v) is 4.69. The molecule has 2 heterocycles. The van der Waals surface area contributed by atoms with Crippen LogP contribution in [-0.2, 0) is 18.2 Å². The van der Waals surface area contributed by atoms with Gasteiger partial charge >= 0.3 is 6.09 Å². The number of hydrogen-bond donors (Lipinski definition) is 3. The Hall–Kier alpha value is -4.69. The van der Waals surface area contributed by atoms with Crippen molar-refractivity contribution in [3.8, 4) is 28.7 Å². The first-order chi connectivity index (χ1) is 20.0. The molecule has 0 bridgehead atoms. The molecule has 2 aromatic heterocycles. The Morgan fingerprint density at radius 1 is 1.09 bits per heavy atom. The zero-order valence-corrected chi connectivity index (χ0v) is 25.2. The molecule has 0 unspecified atom stereocenters. The van der Waals surface area contributed by atoms with E-state index in [2.05, 4.69) is 22.3 Å². The Morgan fingerprint density at radius 2 is 1.74 bits per heavy atom. The lowest BCUT2D eigenvalue weighted by Gasteiger charge is -2.25. The number of hydrogen-bond acceptors (Lipinski definition) is 7. The van der Waals surface area contributed by atoms with E-state index in [9.17, 15) is 18.7 Å². The summed E-state index contributed by atoms with van der Waals surface area (Å²) < 4.78 is 41.2. The first kappa shape index (κ1) is 31.3. The number of aromatic nitrogens is 3. The zero-order chi connectivity index (χ0) is 31.7. The molecule has 4 N–H and O–H groups in total. The number of carbonyl (C=O) groups excluding carboxylic acids is 1. The third-order valence-corrected chi connectivity index (χ3v) is 6.29. The van der Waals surface area contributed by atoms with Crippen LogP contribution < -0.4 is 15.8 Å². The maximum absolute atomic E-state index is 14.2. The van der Waals surface area contributed by atoms with Crippen LogP contribution in [0.1, 0.15) is 57.6 Å². The molecule has 0 saturated carbocycles. The standard InChI is InChI=1S/C32H35F2N5O4/c1-31(2,3)43-30(40)37-24(16-18-14-19(33)17-20(34)15-18)27-22(9-8-21(36-27)12-13-32(4,5)41)23-10-11-25(42-7)26-28(23)39(6)38-29(26)35/h8-11,14-15,17,24,41H,16H2,1-7H3,(H2,35,38)(H,37,40)/t24-/m0/s1. The number of halogens is 2. The molecule has 4 aromatic rings. The minimum Gasteiger partial charge on any atom is -0.496 e. The van der Waals surface area contributed by atoms with Gasteiger partial charge < -0.3 is 25.6 Å². The number of nitrogens with two attached hydrogens (primary N) is 1. The van der Waals surface area contributed by atoms with E-state index in [4.69, 9.17) is 20.2 Å². The van der Waals surface area contributed by atoms with E-state index in [0.29, 0.717) is 39.2 Å². The van der Waals surface area contributed by atoms with Gasteiger partial charge in [0.2, 0.25) is 0 Å². The van der Waals surface area contributed by atoms with Crippen LogP contribution in [0.15, 0.2) is 42.5 Å². The number of nitrogens with zero attached hydrogens (tertiary/aromatic N) is 3. The minimum absolute atomic E-state index is 0.0386. The Balaban J connectivity index is 1.99. The lowest BCUT2D eigenvalue weighted by atomic mass is 9.93. The van der Waals surface area contributed by atoms with E-state index in [1.54, 1.807) is 64.5 Å². The topological polar surface area (TPSA) is 125 Å². The van der Waals surface area contributed by atoms with Crippen LogP contribution in [-0.4, -0.2) is 44.3 Å². The van der Waals surface area contributed by atoms with Crippen LogP contribution in [0.4, 0.5) is 19.4 Å². The molecule has 0 saturated heterocycles. The maximum Gasteiger partial charge on any atom is 0.408 e. The second-order valence-electron chi connectivity index (χ2n) is 11.7. The van der Waals surface area contributed by atoms with Gasteiger partial charge in [-0.15, -0.1) is 0 Å². The molecule has 1 atom stereocenters. The Morgan fingerprint density at radius 3 is 2.35 bits per heavy atom. The molecule has 0 fully saturated rings. The van der Waals surface area contributed by atoms with Gasteiger partial charge in [0.1, 0.15) is 34.3 Å². The first-order valence-corrected chi connectivity index (χ1v) is 13.5. The monoisotopic (exact) mass is 591 g/mol. The van der Waals surface area contributed by atoms with E-state index < -0.39 is 35.0 Å². The number of alkyl carbamates (subject to hydrolysis) is 1. The van der Waals surface area contributed by atoms with E-state index in [0.717, 1.165) is 6.07 Å². The van der Waals surface area contributed by atoms with E-state index in [1.165, 1.54) is 19.2 Å². The van der Waals surface area contributed by atoms with Crippen molar-refractivity contribution in [1.82, 2.24) is 20.1 Å². The second-order valence-corrected chi connectivity index (χ2v) is 11.7. The molecule has 0 aliphatic carbocycles. The van der Waals surface area contributed by atoms with E-state index >= 15 is 0 Å². The van der Waals surface area contributed by atoms with E-state index in [-0.39, 0.29) is 17.8 Å². The molecular weight excluding hydrogens is 556 g/mol. The van der Waals surface area contributed by atoms with Gasteiger partial charge in [-0.1, -0.05) is 5.92 Å². The smallest absolute Gasteiger partial charge is 0.408 e. The van der Waals surface area contributed by atoms with Crippen molar-refractivity contribution >= 4 is 22.8 Å². The van der Waals surface area contributed by atoms with Crippen LogP contribution >= 0.6 is 0 Å². The number of aryl methyl sites for hydroxylation is 1. The summed E-state index contributed by atoms with van der Waals surface area (Å²) in [5.74, 6) is 4.88. The highest BCUT2D eigenvalue weighted by atomic mass is 19.1. The highest BCUT2D eigenvalue weighted by Crippen LogP contribution is 2.40. The van der Waals surface area contributed by atoms with Gasteiger partial charge in [0.25, 0.3) is 0 Å². The quantitative estimate of drug-likeness (QED) is 0.255. The number of nitrogens with one attached hydrogen (secondary N) is 1. The summed E-state index contributed by atoms with van der Waals surface area (Å²) in [4.78, 5) is 17.9. The van der Waals surface area contributed by atoms with Crippen molar-refractivity contribution in [2.45, 2.75) is 58.3 Å². The highest BCUT2D eigenvalue weighted by molar-refractivity contribution is 6.03. The number of fused-ring (bicyclic) bond motifs is 1. The summed E-state index contributed by atoms with van der Waals surface area (Å²) in [7, 11) is 3.27. The molecule has 2 aromatic carbocycles. The van der Waals surface area contributed by atoms with Crippen LogP contribution in [0.2, 0.25) is 0 Å². The summed E-state index contributed by atoms with van der Waals surface area (Å²) in [6.07, 6.45) is -0.789. The van der Waals surface area contributed by atoms with Gasteiger partial charge in [0.15, 0.2) is 5.82 Å². The maximum atomic E-state index is 14.2. The predicted molar refractivity (Wildman–Crippen MR) is 160 cm³/mol. The van der Waals surface area contributed by atoms with Crippen molar-refractivity contribution in [1.29, 1.82) is 0 Å². The molecule has 0 aliphatic rings. The third kappa shape index (κ3) is 7.59. The second kappa shape index (κ2) is 11.9. The molecule has 9 nitrogen and oxygen atoms in total. The number of rotatable bonds is 6. The Kier molecular flexibility index (Phi) is 8.64. The molecule has 226 valence electrons. The number of nitrogen functional groups attached to an aromatic ring is 1. The Bertz CT molecular complexity index is 1720. The summed E-state index contributed by atoms with van der Waals surface area (Å²) in [5.41, 5.74) is 6.93. The average molecular weight is 592 g/mol. The number of aliphatic hydroxyl groups is 1. The number of anilines is 1. The number of methoxy groups -OCH3 is 1. The number of benzene rings is 2. The molecule has 0 spiro atoms. The molecule has 43 heavy (non-hydrogen) atoms. The third-order valence-electron chi connectivity index (χ3n) is 6.29. The molecule has 11 heteroatoms. The van der Waals surface area contributed by atoms with Gasteiger partial charge in [0.05, 0.1) is 29.7 Å². The Labute approximate surface area is 249 Å². The molecule has 0 aliphatic heterocycles. The summed E-state index contributed by atoms with van der Waals surface area (Å²) in [6, 6.07) is 9.25. The van der Waals surface area contributed by atoms with Crippen molar-refractivity contribution in [2.75, 3.05) is 12.8 Å². The lowest BCUT2D eigenvalue weighted by molar-refractivity contribution is 0.0502. The molecule has 1 amide bonds. The average Bonchev–Trinajstić information content (AvgIpc) is 3.18. The van der Waals surface area contributed by atoms with Crippen molar-refractivity contribution in [3.63, 3.8) is 0 Å². The first-order valence-electron chi connectivity index (χ1n) is 13.5. The van der Waals surface area contributed by atoms with Gasteiger partial charge in [-0.2, -0.15) is 5.10 Å². The minimum atomic E-state index is -1.29. The number of carbonyl (C=O) groups is 1. The lowest BCUT2D eigenvalue weighted by Crippen LogP contribution is -2.36. The zero-order valence-electron chi connectivity index (χ0n) is 25.2. The number of ether oxygens (including phenoxy) is 2. The van der Waals surface area contributed by atoms with Crippen LogP contribution in [0, 0.1) is 23.5 Å². The van der Waals surface area contributed by atoms with Crippen molar-refractivity contribution in [2.24, 2.45) is 7.05 Å².